The van der Waals surface area contributed by atoms with Gasteiger partial charge in [-0.15, -0.1) is 0 Å². The first-order valence-electron chi connectivity index (χ1n) is 6.36. The quantitative estimate of drug-likeness (QED) is 0.870. The Bertz CT molecular complexity index is 429. The first kappa shape index (κ1) is 13.0. The van der Waals surface area contributed by atoms with E-state index in [1.165, 1.54) is 6.33 Å². The van der Waals surface area contributed by atoms with E-state index < -0.39 is 12.0 Å². The van der Waals surface area contributed by atoms with Crippen LogP contribution in [0, 0.1) is 5.92 Å². The van der Waals surface area contributed by atoms with Gasteiger partial charge in [0.05, 0.1) is 6.54 Å². The van der Waals surface area contributed by atoms with E-state index in [1.54, 1.807) is 0 Å². The maximum Gasteiger partial charge on any atom is 0.321 e. The average Bonchev–Trinajstić information content (AvgIpc) is 2.86. The normalized spacial score (nSPS) is 24.9. The SMILES string of the molecule is CC1CCN(Cc2ncnn2C(C)C)C1C(=O)O. The summed E-state index contributed by atoms with van der Waals surface area (Å²) in [6.45, 7) is 7.44. The molecule has 0 aliphatic carbocycles. The van der Waals surface area contributed by atoms with Gasteiger partial charge in [0, 0.05) is 6.04 Å². The Morgan fingerprint density at radius 3 is 2.94 bits per heavy atom. The van der Waals surface area contributed by atoms with Gasteiger partial charge < -0.3 is 5.11 Å². The van der Waals surface area contributed by atoms with E-state index in [1.807, 2.05) is 30.4 Å². The molecule has 6 heteroatoms. The highest BCUT2D eigenvalue weighted by Gasteiger charge is 2.37. The Morgan fingerprint density at radius 1 is 1.61 bits per heavy atom. The standard InChI is InChI=1S/C12H20N4O2/c1-8(2)16-10(13-7-14-16)6-15-5-4-9(3)11(15)12(17)18/h7-9,11H,4-6H2,1-3H3,(H,17,18). The Labute approximate surface area is 107 Å². The van der Waals surface area contributed by atoms with Gasteiger partial charge in [0.25, 0.3) is 0 Å². The van der Waals surface area contributed by atoms with E-state index in [4.69, 9.17) is 0 Å². The van der Waals surface area contributed by atoms with Crippen molar-refractivity contribution in [3.05, 3.63) is 12.2 Å². The molecule has 2 unspecified atom stereocenters. The molecule has 18 heavy (non-hydrogen) atoms. The lowest BCUT2D eigenvalue weighted by Gasteiger charge is -2.23. The van der Waals surface area contributed by atoms with Crippen molar-refractivity contribution in [2.24, 2.45) is 5.92 Å². The summed E-state index contributed by atoms with van der Waals surface area (Å²) in [7, 11) is 0. The topological polar surface area (TPSA) is 71.2 Å². The summed E-state index contributed by atoms with van der Waals surface area (Å²) in [5, 5.41) is 13.5. The molecule has 2 rings (SSSR count). The van der Waals surface area contributed by atoms with Crippen LogP contribution in [-0.2, 0) is 11.3 Å². The predicted octanol–water partition coefficient (Wildman–Crippen LogP) is 1.15. The molecule has 1 aromatic heterocycles. The second-order valence-electron chi connectivity index (χ2n) is 5.23. The molecule has 0 aromatic carbocycles. The Hall–Kier alpha value is -1.43. The maximum atomic E-state index is 11.3. The van der Waals surface area contributed by atoms with Crippen LogP contribution in [0.5, 0.6) is 0 Å². The average molecular weight is 252 g/mol. The van der Waals surface area contributed by atoms with Gasteiger partial charge in [-0.25, -0.2) is 9.67 Å². The van der Waals surface area contributed by atoms with Crippen LogP contribution in [0.1, 0.15) is 39.1 Å². The molecule has 0 amide bonds. The van der Waals surface area contributed by atoms with Crippen LogP contribution in [0.4, 0.5) is 0 Å². The Morgan fingerprint density at radius 2 is 2.33 bits per heavy atom. The number of carbonyl (C=O) groups is 1. The van der Waals surface area contributed by atoms with Crippen molar-refractivity contribution in [3.8, 4) is 0 Å². The highest BCUT2D eigenvalue weighted by Crippen LogP contribution is 2.25. The number of hydrogen-bond acceptors (Lipinski definition) is 4. The smallest absolute Gasteiger partial charge is 0.321 e. The second-order valence-corrected chi connectivity index (χ2v) is 5.23. The molecule has 0 spiro atoms. The fraction of sp³-hybridized carbons (Fsp3) is 0.750. The van der Waals surface area contributed by atoms with Crippen molar-refractivity contribution in [2.45, 2.75) is 45.8 Å². The van der Waals surface area contributed by atoms with E-state index in [2.05, 4.69) is 10.1 Å². The van der Waals surface area contributed by atoms with Gasteiger partial charge in [-0.3, -0.25) is 9.69 Å². The van der Waals surface area contributed by atoms with Crippen molar-refractivity contribution in [3.63, 3.8) is 0 Å². The summed E-state index contributed by atoms with van der Waals surface area (Å²) in [6.07, 6.45) is 2.46. The largest absolute Gasteiger partial charge is 0.480 e. The number of carboxylic acids is 1. The molecular weight excluding hydrogens is 232 g/mol. The molecule has 1 aliphatic rings. The Balaban J connectivity index is 2.13. The summed E-state index contributed by atoms with van der Waals surface area (Å²) in [5.41, 5.74) is 0. The number of likely N-dealkylation sites (tertiary alicyclic amines) is 1. The third-order valence-corrected chi connectivity index (χ3v) is 3.54. The van der Waals surface area contributed by atoms with Crippen LogP contribution in [0.3, 0.4) is 0 Å². The molecule has 1 saturated heterocycles. The zero-order valence-electron chi connectivity index (χ0n) is 11.1. The highest BCUT2D eigenvalue weighted by atomic mass is 16.4. The maximum absolute atomic E-state index is 11.3. The lowest BCUT2D eigenvalue weighted by atomic mass is 10.0. The molecule has 1 fully saturated rings. The molecule has 100 valence electrons. The van der Waals surface area contributed by atoms with Crippen LogP contribution in [0.2, 0.25) is 0 Å². The molecule has 6 nitrogen and oxygen atoms in total. The monoisotopic (exact) mass is 252 g/mol. The first-order valence-corrected chi connectivity index (χ1v) is 6.36. The minimum atomic E-state index is -0.740. The highest BCUT2D eigenvalue weighted by molar-refractivity contribution is 5.74. The van der Waals surface area contributed by atoms with E-state index in [-0.39, 0.29) is 12.0 Å². The number of aromatic nitrogens is 3. The van der Waals surface area contributed by atoms with Crippen molar-refractivity contribution in [1.82, 2.24) is 19.7 Å². The van der Waals surface area contributed by atoms with Crippen LogP contribution < -0.4 is 0 Å². The van der Waals surface area contributed by atoms with Gasteiger partial charge in [0.2, 0.25) is 0 Å². The van der Waals surface area contributed by atoms with Gasteiger partial charge in [-0.05, 0) is 32.7 Å². The van der Waals surface area contributed by atoms with Gasteiger partial charge in [-0.1, -0.05) is 6.92 Å². The molecule has 0 saturated carbocycles. The molecule has 1 aromatic rings. The number of carboxylic acid groups (broad SMARTS) is 1. The summed E-state index contributed by atoms with van der Waals surface area (Å²) in [6, 6.07) is -0.159. The van der Waals surface area contributed by atoms with Crippen molar-refractivity contribution >= 4 is 5.97 Å². The molecule has 0 bridgehead atoms. The lowest BCUT2D eigenvalue weighted by Crippen LogP contribution is -2.39. The predicted molar refractivity (Wildman–Crippen MR) is 66.0 cm³/mol. The van der Waals surface area contributed by atoms with Crippen LogP contribution in [0.25, 0.3) is 0 Å². The van der Waals surface area contributed by atoms with E-state index in [9.17, 15) is 9.90 Å². The number of rotatable bonds is 4. The summed E-state index contributed by atoms with van der Waals surface area (Å²) in [4.78, 5) is 17.5. The van der Waals surface area contributed by atoms with Crippen molar-refractivity contribution in [1.29, 1.82) is 0 Å². The van der Waals surface area contributed by atoms with Crippen molar-refractivity contribution in [2.75, 3.05) is 6.54 Å². The van der Waals surface area contributed by atoms with Gasteiger partial charge in [0.1, 0.15) is 18.2 Å². The van der Waals surface area contributed by atoms with E-state index >= 15 is 0 Å². The van der Waals surface area contributed by atoms with Crippen LogP contribution in [-0.4, -0.2) is 43.3 Å². The zero-order valence-corrected chi connectivity index (χ0v) is 11.1. The molecule has 2 heterocycles. The summed E-state index contributed by atoms with van der Waals surface area (Å²) < 4.78 is 1.85. The number of hydrogen-bond donors (Lipinski definition) is 1. The van der Waals surface area contributed by atoms with Gasteiger partial charge >= 0.3 is 5.97 Å². The third kappa shape index (κ3) is 2.38. The molecular formula is C12H20N4O2. The number of aliphatic carboxylic acids is 1. The molecule has 2 atom stereocenters. The van der Waals surface area contributed by atoms with E-state index in [0.717, 1.165) is 18.8 Å². The second kappa shape index (κ2) is 5.06. The Kier molecular flexibility index (Phi) is 3.65. The fourth-order valence-electron chi connectivity index (χ4n) is 2.60. The van der Waals surface area contributed by atoms with Crippen molar-refractivity contribution < 1.29 is 9.90 Å². The summed E-state index contributed by atoms with van der Waals surface area (Å²) >= 11 is 0. The lowest BCUT2D eigenvalue weighted by molar-refractivity contribution is -0.143. The fourth-order valence-corrected chi connectivity index (χ4v) is 2.60. The summed E-state index contributed by atoms with van der Waals surface area (Å²) in [5.74, 6) is 0.291. The first-order chi connectivity index (χ1) is 8.50. The molecule has 1 aliphatic heterocycles. The third-order valence-electron chi connectivity index (χ3n) is 3.54. The van der Waals surface area contributed by atoms with E-state index in [0.29, 0.717) is 6.54 Å². The number of nitrogens with zero attached hydrogens (tertiary/aromatic N) is 4. The minimum Gasteiger partial charge on any atom is -0.480 e. The molecule has 1 N–H and O–H groups in total. The zero-order chi connectivity index (χ0) is 13.3. The minimum absolute atomic E-state index is 0.193. The molecule has 0 radical (unpaired) electrons. The van der Waals surface area contributed by atoms with Gasteiger partial charge in [0.15, 0.2) is 0 Å². The van der Waals surface area contributed by atoms with Gasteiger partial charge in [-0.2, -0.15) is 5.10 Å². The van der Waals surface area contributed by atoms with Crippen LogP contribution >= 0.6 is 0 Å². The van der Waals surface area contributed by atoms with Crippen LogP contribution in [0.15, 0.2) is 6.33 Å².